The molecular weight excluding hydrogens is 258 g/mol. The van der Waals surface area contributed by atoms with Crippen molar-refractivity contribution >= 4 is 23.0 Å². The van der Waals surface area contributed by atoms with E-state index in [1.54, 1.807) is 18.6 Å². The highest BCUT2D eigenvalue weighted by Crippen LogP contribution is 2.12. The van der Waals surface area contributed by atoms with Crippen molar-refractivity contribution in [3.05, 3.63) is 24.4 Å². The van der Waals surface area contributed by atoms with Gasteiger partial charge in [-0.1, -0.05) is 0 Å². The van der Waals surface area contributed by atoms with Gasteiger partial charge in [-0.05, 0) is 6.42 Å². The predicted molar refractivity (Wildman–Crippen MR) is 69.4 cm³/mol. The first kappa shape index (κ1) is 12.6. The lowest BCUT2D eigenvalue weighted by Gasteiger charge is -2.24. The van der Waals surface area contributed by atoms with Crippen LogP contribution in [-0.4, -0.2) is 43.2 Å². The molecule has 0 radical (unpaired) electrons. The van der Waals surface area contributed by atoms with Gasteiger partial charge in [-0.2, -0.15) is 0 Å². The normalized spacial score (nSPS) is 15.9. The molecule has 0 spiro atoms. The smallest absolute Gasteiger partial charge is 0.229 e. The topological polar surface area (TPSA) is 88.9 Å². The molecule has 0 aromatic carbocycles. The Bertz CT molecular complexity index is 657. The van der Waals surface area contributed by atoms with Crippen molar-refractivity contribution in [1.82, 2.24) is 24.8 Å². The van der Waals surface area contributed by atoms with Gasteiger partial charge in [0.25, 0.3) is 0 Å². The molecule has 3 heterocycles. The number of hydrogen-bond acceptors (Lipinski definition) is 6. The molecule has 7 nitrogen and oxygen atoms in total. The number of carbonyl (C=O) groups is 2. The summed E-state index contributed by atoms with van der Waals surface area (Å²) in [6, 6.07) is 0. The van der Waals surface area contributed by atoms with Crippen molar-refractivity contribution in [2.45, 2.75) is 25.7 Å². The van der Waals surface area contributed by atoms with Gasteiger partial charge in [0.05, 0.1) is 6.20 Å². The van der Waals surface area contributed by atoms with Crippen molar-refractivity contribution in [3.63, 3.8) is 0 Å². The third-order valence-corrected chi connectivity index (χ3v) is 3.22. The summed E-state index contributed by atoms with van der Waals surface area (Å²) in [5, 5.41) is 0. The van der Waals surface area contributed by atoms with Crippen molar-refractivity contribution < 1.29 is 9.59 Å². The highest BCUT2D eigenvalue weighted by molar-refractivity contribution is 5.97. The zero-order valence-corrected chi connectivity index (χ0v) is 10.8. The Hall–Kier alpha value is -2.44. The van der Waals surface area contributed by atoms with Gasteiger partial charge in [-0.25, -0.2) is 19.9 Å². The van der Waals surface area contributed by atoms with Crippen LogP contribution in [0, 0.1) is 0 Å². The maximum atomic E-state index is 11.7. The number of piperidine rings is 1. The first-order valence-electron chi connectivity index (χ1n) is 6.50. The average Bonchev–Trinajstić information content (AvgIpc) is 2.46. The molecule has 0 atom stereocenters. The SMILES string of the molecule is O=C1CCCC(=O)N1CCc1ncc2nccnc2n1. The first-order chi connectivity index (χ1) is 9.74. The molecule has 20 heavy (non-hydrogen) atoms. The van der Waals surface area contributed by atoms with Gasteiger partial charge in [0.15, 0.2) is 5.65 Å². The highest BCUT2D eigenvalue weighted by atomic mass is 16.2. The number of hydrogen-bond donors (Lipinski definition) is 0. The van der Waals surface area contributed by atoms with Gasteiger partial charge in [0, 0.05) is 38.2 Å². The molecule has 102 valence electrons. The summed E-state index contributed by atoms with van der Waals surface area (Å²) >= 11 is 0. The van der Waals surface area contributed by atoms with Gasteiger partial charge >= 0.3 is 0 Å². The Kier molecular flexibility index (Phi) is 3.32. The zero-order chi connectivity index (χ0) is 13.9. The summed E-state index contributed by atoms with van der Waals surface area (Å²) in [4.78, 5) is 41.3. The van der Waals surface area contributed by atoms with Crippen molar-refractivity contribution in [2.75, 3.05) is 6.54 Å². The Morgan fingerprint density at radius 3 is 2.60 bits per heavy atom. The molecular formula is C13H13N5O2. The largest absolute Gasteiger partial charge is 0.282 e. The standard InChI is InChI=1S/C13H13N5O2/c19-11-2-1-3-12(20)18(11)7-4-10-16-8-9-13(17-10)15-6-5-14-9/h5-6,8H,1-4,7H2. The fourth-order valence-electron chi connectivity index (χ4n) is 2.19. The van der Waals surface area contributed by atoms with Gasteiger partial charge in [0.1, 0.15) is 11.3 Å². The molecule has 0 aliphatic carbocycles. The van der Waals surface area contributed by atoms with E-state index in [2.05, 4.69) is 19.9 Å². The summed E-state index contributed by atoms with van der Waals surface area (Å²) in [5.41, 5.74) is 1.15. The summed E-state index contributed by atoms with van der Waals surface area (Å²) in [5.74, 6) is 0.341. The minimum absolute atomic E-state index is 0.109. The lowest BCUT2D eigenvalue weighted by molar-refractivity contribution is -0.147. The number of aromatic nitrogens is 4. The fraction of sp³-hybridized carbons (Fsp3) is 0.385. The van der Waals surface area contributed by atoms with Crippen LogP contribution in [0.5, 0.6) is 0 Å². The molecule has 2 aromatic rings. The van der Waals surface area contributed by atoms with E-state index in [4.69, 9.17) is 0 Å². The molecule has 1 aliphatic heterocycles. The van der Waals surface area contributed by atoms with Crippen LogP contribution < -0.4 is 0 Å². The molecule has 1 saturated heterocycles. The van der Waals surface area contributed by atoms with Crippen LogP contribution >= 0.6 is 0 Å². The molecule has 2 amide bonds. The predicted octanol–water partition coefficient (Wildman–Crippen LogP) is 0.501. The second-order valence-corrected chi connectivity index (χ2v) is 4.59. The van der Waals surface area contributed by atoms with Crippen LogP contribution in [0.15, 0.2) is 18.6 Å². The van der Waals surface area contributed by atoms with Crippen LogP contribution in [0.4, 0.5) is 0 Å². The molecule has 1 aliphatic rings. The minimum atomic E-state index is -0.109. The minimum Gasteiger partial charge on any atom is -0.282 e. The van der Waals surface area contributed by atoms with Crippen LogP contribution in [0.25, 0.3) is 11.2 Å². The lowest BCUT2D eigenvalue weighted by Crippen LogP contribution is -2.41. The number of carbonyl (C=O) groups excluding carboxylic acids is 2. The summed E-state index contributed by atoms with van der Waals surface area (Å²) in [7, 11) is 0. The number of rotatable bonds is 3. The summed E-state index contributed by atoms with van der Waals surface area (Å²) < 4.78 is 0. The van der Waals surface area contributed by atoms with Crippen LogP contribution in [0.1, 0.15) is 25.1 Å². The van der Waals surface area contributed by atoms with E-state index in [0.29, 0.717) is 49.2 Å². The van der Waals surface area contributed by atoms with E-state index in [9.17, 15) is 9.59 Å². The Balaban J connectivity index is 1.73. The fourth-order valence-corrected chi connectivity index (χ4v) is 2.19. The first-order valence-corrected chi connectivity index (χ1v) is 6.50. The molecule has 2 aromatic heterocycles. The number of imide groups is 1. The van der Waals surface area contributed by atoms with Crippen LogP contribution in [0.2, 0.25) is 0 Å². The zero-order valence-electron chi connectivity index (χ0n) is 10.8. The van der Waals surface area contributed by atoms with E-state index in [1.165, 1.54) is 4.90 Å². The average molecular weight is 271 g/mol. The monoisotopic (exact) mass is 271 g/mol. The molecule has 7 heteroatoms. The highest BCUT2D eigenvalue weighted by Gasteiger charge is 2.25. The molecule has 0 saturated carbocycles. The third kappa shape index (κ3) is 2.47. The number of fused-ring (bicyclic) bond motifs is 1. The van der Waals surface area contributed by atoms with Crippen LogP contribution in [0.3, 0.4) is 0 Å². The van der Waals surface area contributed by atoms with Crippen molar-refractivity contribution in [2.24, 2.45) is 0 Å². The molecule has 0 unspecified atom stereocenters. The summed E-state index contributed by atoms with van der Waals surface area (Å²) in [6.07, 6.45) is 6.71. The van der Waals surface area contributed by atoms with E-state index >= 15 is 0 Å². The Morgan fingerprint density at radius 1 is 1.05 bits per heavy atom. The van der Waals surface area contributed by atoms with Crippen LogP contribution in [-0.2, 0) is 16.0 Å². The second kappa shape index (κ2) is 5.28. The van der Waals surface area contributed by atoms with Gasteiger partial charge in [-0.15, -0.1) is 0 Å². The van der Waals surface area contributed by atoms with Gasteiger partial charge in [-0.3, -0.25) is 14.5 Å². The Morgan fingerprint density at radius 2 is 1.80 bits per heavy atom. The van der Waals surface area contributed by atoms with E-state index in [-0.39, 0.29) is 11.8 Å². The third-order valence-electron chi connectivity index (χ3n) is 3.22. The quantitative estimate of drug-likeness (QED) is 0.755. The van der Waals surface area contributed by atoms with Crippen molar-refractivity contribution in [1.29, 1.82) is 0 Å². The number of likely N-dealkylation sites (tertiary alicyclic amines) is 1. The molecule has 0 bridgehead atoms. The maximum Gasteiger partial charge on any atom is 0.229 e. The maximum absolute atomic E-state index is 11.7. The molecule has 3 rings (SSSR count). The lowest BCUT2D eigenvalue weighted by atomic mass is 10.1. The Labute approximate surface area is 115 Å². The summed E-state index contributed by atoms with van der Waals surface area (Å²) in [6.45, 7) is 0.323. The second-order valence-electron chi connectivity index (χ2n) is 4.59. The van der Waals surface area contributed by atoms with E-state index < -0.39 is 0 Å². The van der Waals surface area contributed by atoms with Gasteiger partial charge in [0.2, 0.25) is 11.8 Å². The van der Waals surface area contributed by atoms with E-state index in [1.807, 2.05) is 0 Å². The molecule has 0 N–H and O–H groups in total. The molecule has 1 fully saturated rings. The van der Waals surface area contributed by atoms with Gasteiger partial charge < -0.3 is 0 Å². The number of amides is 2. The van der Waals surface area contributed by atoms with E-state index in [0.717, 1.165) is 0 Å². The number of nitrogens with zero attached hydrogens (tertiary/aromatic N) is 5. The van der Waals surface area contributed by atoms with Crippen molar-refractivity contribution in [3.8, 4) is 0 Å².